The van der Waals surface area contributed by atoms with E-state index in [1.165, 1.54) is 24.3 Å². The van der Waals surface area contributed by atoms with E-state index in [2.05, 4.69) is 10.2 Å². The fourth-order valence-corrected chi connectivity index (χ4v) is 2.27. The molecular weight excluding hydrogens is 307 g/mol. The number of carbonyl (C=O) groups is 1. The van der Waals surface area contributed by atoms with Gasteiger partial charge in [-0.25, -0.2) is 4.39 Å². The molecule has 2 aromatic rings. The standard InChI is InChI=1S/C19H23FN2O2/c1-3-18(24-17-11-9-15(20)10-12-17)19(23)21-13-14-22(2)16-7-5-4-6-8-16/h4-12,18H,3,13-14H2,1-2H3,(H,21,23)/t18-/m0/s1. The summed E-state index contributed by atoms with van der Waals surface area (Å²) < 4.78 is 18.5. The second kappa shape index (κ2) is 8.91. The van der Waals surface area contributed by atoms with Crippen molar-refractivity contribution in [1.82, 2.24) is 5.32 Å². The Balaban J connectivity index is 1.80. The molecule has 0 aliphatic carbocycles. The predicted octanol–water partition coefficient (Wildman–Crippen LogP) is 3.24. The van der Waals surface area contributed by atoms with Crippen molar-refractivity contribution in [3.63, 3.8) is 0 Å². The second-order valence-electron chi connectivity index (χ2n) is 5.52. The number of hydrogen-bond donors (Lipinski definition) is 1. The molecular formula is C19H23FN2O2. The van der Waals surface area contributed by atoms with Gasteiger partial charge in [0.25, 0.3) is 5.91 Å². The van der Waals surface area contributed by atoms with Gasteiger partial charge in [-0.15, -0.1) is 0 Å². The molecule has 128 valence electrons. The Hall–Kier alpha value is -2.56. The molecule has 0 bridgehead atoms. The van der Waals surface area contributed by atoms with Crippen molar-refractivity contribution in [1.29, 1.82) is 0 Å². The number of ether oxygens (including phenoxy) is 1. The monoisotopic (exact) mass is 330 g/mol. The molecule has 24 heavy (non-hydrogen) atoms. The summed E-state index contributed by atoms with van der Waals surface area (Å²) in [5, 5.41) is 2.89. The number of likely N-dealkylation sites (N-methyl/N-ethyl adjacent to an activating group) is 1. The van der Waals surface area contributed by atoms with Crippen LogP contribution in [0.1, 0.15) is 13.3 Å². The summed E-state index contributed by atoms with van der Waals surface area (Å²) in [5.41, 5.74) is 1.10. The van der Waals surface area contributed by atoms with Crippen LogP contribution < -0.4 is 15.0 Å². The summed E-state index contributed by atoms with van der Waals surface area (Å²) >= 11 is 0. The Morgan fingerprint density at radius 3 is 2.46 bits per heavy atom. The highest BCUT2D eigenvalue weighted by atomic mass is 19.1. The summed E-state index contributed by atoms with van der Waals surface area (Å²) in [7, 11) is 1.98. The Kier molecular flexibility index (Phi) is 6.61. The third kappa shape index (κ3) is 5.26. The smallest absolute Gasteiger partial charge is 0.261 e. The van der Waals surface area contributed by atoms with E-state index < -0.39 is 6.10 Å². The number of nitrogens with zero attached hydrogens (tertiary/aromatic N) is 1. The minimum absolute atomic E-state index is 0.164. The number of anilines is 1. The number of para-hydroxylation sites is 1. The lowest BCUT2D eigenvalue weighted by Crippen LogP contribution is -2.41. The van der Waals surface area contributed by atoms with Crippen molar-refractivity contribution in [3.8, 4) is 5.75 Å². The van der Waals surface area contributed by atoms with Gasteiger partial charge in [-0.3, -0.25) is 4.79 Å². The van der Waals surface area contributed by atoms with Crippen LogP contribution in [-0.2, 0) is 4.79 Å². The van der Waals surface area contributed by atoms with Gasteiger partial charge in [0.05, 0.1) is 0 Å². The van der Waals surface area contributed by atoms with Crippen molar-refractivity contribution in [3.05, 3.63) is 60.4 Å². The number of amides is 1. The molecule has 4 nitrogen and oxygen atoms in total. The molecule has 0 spiro atoms. The van der Waals surface area contributed by atoms with Crippen LogP contribution >= 0.6 is 0 Å². The fraction of sp³-hybridized carbons (Fsp3) is 0.316. The maximum atomic E-state index is 12.9. The molecule has 0 aliphatic rings. The summed E-state index contributed by atoms with van der Waals surface area (Å²) in [4.78, 5) is 14.3. The Morgan fingerprint density at radius 2 is 1.83 bits per heavy atom. The van der Waals surface area contributed by atoms with E-state index in [0.29, 0.717) is 25.3 Å². The summed E-state index contributed by atoms with van der Waals surface area (Å²) in [5.74, 6) is -0.00751. The minimum Gasteiger partial charge on any atom is -0.481 e. The first-order valence-electron chi connectivity index (χ1n) is 8.06. The average Bonchev–Trinajstić information content (AvgIpc) is 2.61. The van der Waals surface area contributed by atoms with E-state index in [9.17, 15) is 9.18 Å². The highest BCUT2D eigenvalue weighted by Gasteiger charge is 2.18. The van der Waals surface area contributed by atoms with E-state index in [0.717, 1.165) is 5.69 Å². The Labute approximate surface area is 142 Å². The van der Waals surface area contributed by atoms with Crippen molar-refractivity contribution in [2.45, 2.75) is 19.4 Å². The first kappa shape index (κ1) is 17.8. The lowest BCUT2D eigenvalue weighted by molar-refractivity contribution is -0.128. The van der Waals surface area contributed by atoms with Gasteiger partial charge in [0.1, 0.15) is 11.6 Å². The normalized spacial score (nSPS) is 11.6. The zero-order valence-corrected chi connectivity index (χ0v) is 14.0. The predicted molar refractivity (Wildman–Crippen MR) is 93.8 cm³/mol. The zero-order valence-electron chi connectivity index (χ0n) is 14.0. The second-order valence-corrected chi connectivity index (χ2v) is 5.52. The third-order valence-electron chi connectivity index (χ3n) is 3.70. The number of rotatable bonds is 8. The number of halogens is 1. The maximum absolute atomic E-state index is 12.9. The van der Waals surface area contributed by atoms with E-state index >= 15 is 0 Å². The molecule has 0 heterocycles. The van der Waals surface area contributed by atoms with Gasteiger partial charge in [0, 0.05) is 25.8 Å². The van der Waals surface area contributed by atoms with Gasteiger partial charge < -0.3 is 15.0 Å². The summed E-state index contributed by atoms with van der Waals surface area (Å²) in [6, 6.07) is 15.6. The molecule has 1 amide bonds. The molecule has 0 radical (unpaired) electrons. The van der Waals surface area contributed by atoms with Crippen LogP contribution in [0.2, 0.25) is 0 Å². The fourth-order valence-electron chi connectivity index (χ4n) is 2.27. The average molecular weight is 330 g/mol. The molecule has 0 unspecified atom stereocenters. The quantitative estimate of drug-likeness (QED) is 0.808. The highest BCUT2D eigenvalue weighted by Crippen LogP contribution is 2.14. The van der Waals surface area contributed by atoms with Gasteiger partial charge in [-0.2, -0.15) is 0 Å². The molecule has 0 aromatic heterocycles. The van der Waals surface area contributed by atoms with Crippen LogP contribution in [-0.4, -0.2) is 32.1 Å². The number of carbonyl (C=O) groups excluding carboxylic acids is 1. The Bertz CT molecular complexity index is 632. The largest absolute Gasteiger partial charge is 0.481 e. The molecule has 2 rings (SSSR count). The van der Waals surface area contributed by atoms with E-state index in [4.69, 9.17) is 4.74 Å². The molecule has 5 heteroatoms. The number of benzene rings is 2. The van der Waals surface area contributed by atoms with E-state index in [-0.39, 0.29) is 11.7 Å². The van der Waals surface area contributed by atoms with Gasteiger partial charge in [-0.1, -0.05) is 25.1 Å². The van der Waals surface area contributed by atoms with Crippen LogP contribution in [0.15, 0.2) is 54.6 Å². The molecule has 0 saturated carbocycles. The molecule has 0 fully saturated rings. The summed E-state index contributed by atoms with van der Waals surface area (Å²) in [6.07, 6.45) is -0.0462. The molecule has 1 N–H and O–H groups in total. The van der Waals surface area contributed by atoms with Gasteiger partial charge in [-0.05, 0) is 42.8 Å². The van der Waals surface area contributed by atoms with Gasteiger partial charge in [0.15, 0.2) is 6.10 Å². The number of hydrogen-bond acceptors (Lipinski definition) is 3. The van der Waals surface area contributed by atoms with Crippen LogP contribution in [0.25, 0.3) is 0 Å². The van der Waals surface area contributed by atoms with Crippen LogP contribution in [0.4, 0.5) is 10.1 Å². The minimum atomic E-state index is -0.586. The first-order valence-corrected chi connectivity index (χ1v) is 8.06. The Morgan fingerprint density at radius 1 is 1.17 bits per heavy atom. The van der Waals surface area contributed by atoms with Gasteiger partial charge in [0.2, 0.25) is 0 Å². The van der Waals surface area contributed by atoms with E-state index in [1.807, 2.05) is 44.3 Å². The first-order chi connectivity index (χ1) is 11.6. The van der Waals surface area contributed by atoms with Crippen molar-refractivity contribution >= 4 is 11.6 Å². The van der Waals surface area contributed by atoms with E-state index in [1.54, 1.807) is 0 Å². The van der Waals surface area contributed by atoms with Crippen LogP contribution in [0.5, 0.6) is 5.75 Å². The van der Waals surface area contributed by atoms with Crippen molar-refractivity contribution in [2.75, 3.05) is 25.0 Å². The third-order valence-corrected chi connectivity index (χ3v) is 3.70. The highest BCUT2D eigenvalue weighted by molar-refractivity contribution is 5.81. The van der Waals surface area contributed by atoms with Crippen molar-refractivity contribution < 1.29 is 13.9 Å². The van der Waals surface area contributed by atoms with Crippen LogP contribution in [0.3, 0.4) is 0 Å². The maximum Gasteiger partial charge on any atom is 0.261 e. The summed E-state index contributed by atoms with van der Waals surface area (Å²) in [6.45, 7) is 3.10. The molecule has 1 atom stereocenters. The van der Waals surface area contributed by atoms with Crippen molar-refractivity contribution in [2.24, 2.45) is 0 Å². The number of nitrogens with one attached hydrogen (secondary N) is 1. The zero-order chi connectivity index (χ0) is 17.4. The van der Waals surface area contributed by atoms with Gasteiger partial charge >= 0.3 is 0 Å². The lowest BCUT2D eigenvalue weighted by Gasteiger charge is -2.21. The molecule has 0 saturated heterocycles. The SMILES string of the molecule is CC[C@H](Oc1ccc(F)cc1)C(=O)NCCN(C)c1ccccc1. The molecule has 0 aliphatic heterocycles. The molecule has 2 aromatic carbocycles. The van der Waals surface area contributed by atoms with Crippen LogP contribution in [0, 0.1) is 5.82 Å². The topological polar surface area (TPSA) is 41.6 Å². The lowest BCUT2D eigenvalue weighted by atomic mass is 10.2.